The van der Waals surface area contributed by atoms with Gasteiger partial charge in [0.1, 0.15) is 11.0 Å². The average molecular weight is 217 g/mol. The van der Waals surface area contributed by atoms with Crippen LogP contribution in [0.4, 0.5) is 0 Å². The van der Waals surface area contributed by atoms with E-state index in [9.17, 15) is 4.21 Å². The Morgan fingerprint density at radius 2 is 2.21 bits per heavy atom. The van der Waals surface area contributed by atoms with Crippen LogP contribution >= 0.6 is 0 Å². The van der Waals surface area contributed by atoms with Crippen molar-refractivity contribution in [2.75, 3.05) is 13.2 Å². The lowest BCUT2D eigenvalue weighted by atomic mass is 10.0. The van der Waals surface area contributed by atoms with Crippen LogP contribution in [0.2, 0.25) is 0 Å². The van der Waals surface area contributed by atoms with Crippen molar-refractivity contribution in [2.45, 2.75) is 38.4 Å². The average Bonchev–Trinajstić information content (AvgIpc) is 2.14. The SMILES string of the molecule is CC(C)(C)[S@](=O)/N=C/C1CCCOC1. The number of nitrogens with zero attached hydrogens (tertiary/aromatic N) is 1. The molecule has 82 valence electrons. The Balaban J connectivity index is 2.42. The van der Waals surface area contributed by atoms with Crippen molar-refractivity contribution in [3.63, 3.8) is 0 Å². The minimum atomic E-state index is -1.13. The van der Waals surface area contributed by atoms with Crippen molar-refractivity contribution in [1.29, 1.82) is 0 Å². The highest BCUT2D eigenvalue weighted by Gasteiger charge is 2.19. The summed E-state index contributed by atoms with van der Waals surface area (Å²) in [6.45, 7) is 7.37. The van der Waals surface area contributed by atoms with Crippen molar-refractivity contribution in [1.82, 2.24) is 0 Å². The van der Waals surface area contributed by atoms with Crippen LogP contribution in [-0.4, -0.2) is 28.4 Å². The van der Waals surface area contributed by atoms with Crippen molar-refractivity contribution < 1.29 is 8.95 Å². The molecular weight excluding hydrogens is 198 g/mol. The highest BCUT2D eigenvalue weighted by atomic mass is 32.2. The maximum atomic E-state index is 11.6. The van der Waals surface area contributed by atoms with Crippen molar-refractivity contribution in [2.24, 2.45) is 10.3 Å². The van der Waals surface area contributed by atoms with Crippen LogP contribution in [0.1, 0.15) is 33.6 Å². The number of ether oxygens (including phenoxy) is 1. The zero-order valence-electron chi connectivity index (χ0n) is 9.16. The fourth-order valence-electron chi connectivity index (χ4n) is 1.18. The van der Waals surface area contributed by atoms with E-state index in [4.69, 9.17) is 4.74 Å². The number of hydrogen-bond acceptors (Lipinski definition) is 2. The third kappa shape index (κ3) is 3.88. The van der Waals surface area contributed by atoms with Crippen molar-refractivity contribution >= 4 is 17.2 Å². The quantitative estimate of drug-likeness (QED) is 0.663. The molecule has 1 saturated heterocycles. The summed E-state index contributed by atoms with van der Waals surface area (Å²) in [5.74, 6) is 0.357. The van der Waals surface area contributed by atoms with Crippen LogP contribution in [-0.2, 0) is 15.7 Å². The molecule has 0 saturated carbocycles. The molecule has 0 aliphatic carbocycles. The summed E-state index contributed by atoms with van der Waals surface area (Å²) < 4.78 is 20.7. The van der Waals surface area contributed by atoms with Crippen LogP contribution in [0, 0.1) is 5.92 Å². The molecule has 0 spiro atoms. The lowest BCUT2D eigenvalue weighted by Crippen LogP contribution is -2.22. The van der Waals surface area contributed by atoms with Gasteiger partial charge in [0.05, 0.1) is 11.4 Å². The fourth-order valence-corrected chi connectivity index (χ4v) is 1.78. The largest absolute Gasteiger partial charge is 0.381 e. The first kappa shape index (κ1) is 11.9. The standard InChI is InChI=1S/C10H19NO2S/c1-10(2,3)14(12)11-7-9-5-4-6-13-8-9/h7,9H,4-6,8H2,1-3H3/b11-7+/t9?,14-/m0/s1. The van der Waals surface area contributed by atoms with Gasteiger partial charge in [-0.25, -0.2) is 4.21 Å². The molecule has 2 atom stereocenters. The monoisotopic (exact) mass is 217 g/mol. The molecule has 1 unspecified atom stereocenters. The summed E-state index contributed by atoms with van der Waals surface area (Å²) in [6.07, 6.45) is 3.99. The van der Waals surface area contributed by atoms with Gasteiger partial charge in [0.15, 0.2) is 0 Å². The molecule has 1 aliphatic rings. The summed E-state index contributed by atoms with van der Waals surface area (Å²) >= 11 is 0. The normalized spacial score (nSPS) is 26.6. The molecule has 3 nitrogen and oxygen atoms in total. The molecule has 1 fully saturated rings. The van der Waals surface area contributed by atoms with Gasteiger partial charge in [-0.05, 0) is 33.6 Å². The summed E-state index contributed by atoms with van der Waals surface area (Å²) in [7, 11) is -1.13. The van der Waals surface area contributed by atoms with E-state index in [2.05, 4.69) is 4.40 Å². The van der Waals surface area contributed by atoms with Crippen molar-refractivity contribution in [3.05, 3.63) is 0 Å². The van der Waals surface area contributed by atoms with Gasteiger partial charge in [0, 0.05) is 18.7 Å². The Hall–Kier alpha value is -0.220. The second kappa shape index (κ2) is 5.03. The molecule has 0 amide bonds. The van der Waals surface area contributed by atoms with E-state index in [0.29, 0.717) is 5.92 Å². The first-order valence-corrected chi connectivity index (χ1v) is 6.15. The van der Waals surface area contributed by atoms with Crippen LogP contribution < -0.4 is 0 Å². The van der Waals surface area contributed by atoms with Crippen LogP contribution in [0.3, 0.4) is 0 Å². The molecule has 0 aromatic heterocycles. The topological polar surface area (TPSA) is 38.7 Å². The van der Waals surface area contributed by atoms with E-state index in [1.54, 1.807) is 6.21 Å². The third-order valence-electron chi connectivity index (χ3n) is 2.09. The van der Waals surface area contributed by atoms with E-state index in [-0.39, 0.29) is 4.75 Å². The second-order valence-corrected chi connectivity index (χ2v) is 6.53. The van der Waals surface area contributed by atoms with E-state index in [1.807, 2.05) is 20.8 Å². The summed E-state index contributed by atoms with van der Waals surface area (Å²) in [4.78, 5) is 0. The Labute approximate surface area is 88.5 Å². The van der Waals surface area contributed by atoms with Crippen molar-refractivity contribution in [3.8, 4) is 0 Å². The van der Waals surface area contributed by atoms with Crippen LogP contribution in [0.5, 0.6) is 0 Å². The first-order valence-electron chi connectivity index (χ1n) is 5.04. The maximum Gasteiger partial charge on any atom is 0.144 e. The molecule has 0 N–H and O–H groups in total. The minimum absolute atomic E-state index is 0.258. The Morgan fingerprint density at radius 1 is 1.50 bits per heavy atom. The minimum Gasteiger partial charge on any atom is -0.381 e. The molecule has 0 aromatic carbocycles. The molecule has 0 aromatic rings. The van der Waals surface area contributed by atoms with E-state index < -0.39 is 11.0 Å². The molecule has 14 heavy (non-hydrogen) atoms. The van der Waals surface area contributed by atoms with E-state index in [0.717, 1.165) is 26.1 Å². The van der Waals surface area contributed by atoms with Gasteiger partial charge in [-0.2, -0.15) is 4.40 Å². The van der Waals surface area contributed by atoms with Gasteiger partial charge in [-0.1, -0.05) is 0 Å². The van der Waals surface area contributed by atoms with Gasteiger partial charge in [0.25, 0.3) is 0 Å². The van der Waals surface area contributed by atoms with Gasteiger partial charge < -0.3 is 4.74 Å². The molecule has 1 rings (SSSR count). The molecule has 1 heterocycles. The van der Waals surface area contributed by atoms with Crippen LogP contribution in [0.25, 0.3) is 0 Å². The van der Waals surface area contributed by atoms with Gasteiger partial charge >= 0.3 is 0 Å². The molecular formula is C10H19NO2S. The van der Waals surface area contributed by atoms with Gasteiger partial charge in [0.2, 0.25) is 0 Å². The smallest absolute Gasteiger partial charge is 0.144 e. The van der Waals surface area contributed by atoms with E-state index >= 15 is 0 Å². The predicted octanol–water partition coefficient (Wildman–Crippen LogP) is 1.95. The molecule has 1 aliphatic heterocycles. The highest BCUT2D eigenvalue weighted by Crippen LogP contribution is 2.15. The second-order valence-electron chi connectivity index (χ2n) is 4.59. The number of hydrogen-bond donors (Lipinski definition) is 0. The third-order valence-corrected chi connectivity index (χ3v) is 3.45. The van der Waals surface area contributed by atoms with Crippen LogP contribution in [0.15, 0.2) is 4.40 Å². The van der Waals surface area contributed by atoms with Gasteiger partial charge in [-0.3, -0.25) is 0 Å². The Morgan fingerprint density at radius 3 is 2.71 bits per heavy atom. The highest BCUT2D eigenvalue weighted by molar-refractivity contribution is 7.85. The Bertz CT molecular complexity index is 227. The lowest BCUT2D eigenvalue weighted by Gasteiger charge is -2.19. The van der Waals surface area contributed by atoms with E-state index in [1.165, 1.54) is 0 Å². The van der Waals surface area contributed by atoms with Gasteiger partial charge in [-0.15, -0.1) is 0 Å². The molecule has 0 bridgehead atoms. The fraction of sp³-hybridized carbons (Fsp3) is 0.900. The zero-order chi connectivity index (χ0) is 10.6. The lowest BCUT2D eigenvalue weighted by molar-refractivity contribution is 0.0784. The molecule has 4 heteroatoms. The predicted molar refractivity (Wildman–Crippen MR) is 59.9 cm³/mol. The maximum absolute atomic E-state index is 11.6. The number of rotatable bonds is 2. The molecule has 0 radical (unpaired) electrons. The first-order chi connectivity index (χ1) is 6.50. The summed E-state index contributed by atoms with van der Waals surface area (Å²) in [6, 6.07) is 0. The summed E-state index contributed by atoms with van der Waals surface area (Å²) in [5.41, 5.74) is 0. The summed E-state index contributed by atoms with van der Waals surface area (Å²) in [5, 5.41) is 0. The Kier molecular flexibility index (Phi) is 4.26. The zero-order valence-corrected chi connectivity index (χ0v) is 9.97.